The number of carbonyl (C=O) groups excluding carboxylic acids is 2. The van der Waals surface area contributed by atoms with Crippen LogP contribution in [0.4, 0.5) is 0 Å². The van der Waals surface area contributed by atoms with Crippen molar-refractivity contribution in [2.45, 2.75) is 20.3 Å². The third-order valence-corrected chi connectivity index (χ3v) is 4.23. The van der Waals surface area contributed by atoms with Gasteiger partial charge in [-0.05, 0) is 31.5 Å². The first-order valence-electron chi connectivity index (χ1n) is 6.19. The van der Waals surface area contributed by atoms with E-state index in [2.05, 4.69) is 15.9 Å². The smallest absolute Gasteiger partial charge is 0.311 e. The second-order valence-electron chi connectivity index (χ2n) is 5.11. The standard InChI is InChI=1S/C14H14BrNO4/c1-3-14(2,13(19)20)7-16-11(17)9-5-4-8(15)6-10(9)12(16)18/h4-6H,3,7H2,1-2H3,(H,19,20). The average Bonchev–Trinajstić information content (AvgIpc) is 2.63. The summed E-state index contributed by atoms with van der Waals surface area (Å²) in [5.41, 5.74) is -0.500. The number of rotatable bonds is 4. The zero-order valence-corrected chi connectivity index (χ0v) is 12.7. The second-order valence-corrected chi connectivity index (χ2v) is 6.02. The van der Waals surface area contributed by atoms with Crippen molar-refractivity contribution in [2.24, 2.45) is 5.41 Å². The molecule has 1 heterocycles. The maximum absolute atomic E-state index is 12.3. The van der Waals surface area contributed by atoms with Gasteiger partial charge in [-0.2, -0.15) is 0 Å². The summed E-state index contributed by atoms with van der Waals surface area (Å²) in [7, 11) is 0. The highest BCUT2D eigenvalue weighted by molar-refractivity contribution is 9.10. The predicted octanol–water partition coefficient (Wildman–Crippen LogP) is 2.55. The Balaban J connectivity index is 2.36. The van der Waals surface area contributed by atoms with Gasteiger partial charge in [0, 0.05) is 11.0 Å². The molecule has 1 N–H and O–H groups in total. The van der Waals surface area contributed by atoms with E-state index >= 15 is 0 Å². The zero-order chi connectivity index (χ0) is 15.1. The first-order chi connectivity index (χ1) is 9.30. The van der Waals surface area contributed by atoms with Gasteiger partial charge in [0.2, 0.25) is 0 Å². The lowest BCUT2D eigenvalue weighted by Crippen LogP contribution is -2.43. The van der Waals surface area contributed by atoms with E-state index < -0.39 is 23.2 Å². The second kappa shape index (κ2) is 5.01. The number of carboxylic acid groups (broad SMARTS) is 1. The Morgan fingerprint density at radius 2 is 1.90 bits per heavy atom. The summed E-state index contributed by atoms with van der Waals surface area (Å²) in [5, 5.41) is 9.27. The third-order valence-electron chi connectivity index (χ3n) is 3.74. The SMILES string of the molecule is CCC(C)(CN1C(=O)c2ccc(Br)cc2C1=O)C(=O)O. The van der Waals surface area contributed by atoms with Crippen LogP contribution in [0.1, 0.15) is 41.0 Å². The van der Waals surface area contributed by atoms with Crippen LogP contribution in [0.5, 0.6) is 0 Å². The van der Waals surface area contributed by atoms with Crippen molar-refractivity contribution in [1.82, 2.24) is 4.90 Å². The van der Waals surface area contributed by atoms with Crippen molar-refractivity contribution >= 4 is 33.7 Å². The highest BCUT2D eigenvalue weighted by atomic mass is 79.9. The number of benzene rings is 1. The lowest BCUT2D eigenvalue weighted by atomic mass is 9.87. The summed E-state index contributed by atoms with van der Waals surface area (Å²) in [5.74, 6) is -1.89. The highest BCUT2D eigenvalue weighted by Gasteiger charge is 2.42. The minimum atomic E-state index is -1.13. The topological polar surface area (TPSA) is 74.7 Å². The zero-order valence-electron chi connectivity index (χ0n) is 11.1. The summed E-state index contributed by atoms with van der Waals surface area (Å²) < 4.78 is 0.704. The maximum atomic E-state index is 12.3. The van der Waals surface area contributed by atoms with Crippen molar-refractivity contribution in [2.75, 3.05) is 6.54 Å². The van der Waals surface area contributed by atoms with Gasteiger partial charge in [0.25, 0.3) is 11.8 Å². The van der Waals surface area contributed by atoms with Crippen LogP contribution in [0.3, 0.4) is 0 Å². The lowest BCUT2D eigenvalue weighted by molar-refractivity contribution is -0.148. The van der Waals surface area contributed by atoms with Crippen LogP contribution in [-0.4, -0.2) is 34.3 Å². The van der Waals surface area contributed by atoms with Crippen molar-refractivity contribution in [1.29, 1.82) is 0 Å². The van der Waals surface area contributed by atoms with Crippen molar-refractivity contribution in [3.05, 3.63) is 33.8 Å². The quantitative estimate of drug-likeness (QED) is 0.855. The van der Waals surface area contributed by atoms with Gasteiger partial charge in [-0.3, -0.25) is 19.3 Å². The molecule has 1 atom stereocenters. The maximum Gasteiger partial charge on any atom is 0.311 e. The fourth-order valence-electron chi connectivity index (χ4n) is 2.09. The fourth-order valence-corrected chi connectivity index (χ4v) is 2.45. The number of hydrogen-bond donors (Lipinski definition) is 1. The van der Waals surface area contributed by atoms with Gasteiger partial charge in [0.1, 0.15) is 0 Å². The Hall–Kier alpha value is -1.69. The summed E-state index contributed by atoms with van der Waals surface area (Å²) >= 11 is 3.25. The molecule has 1 aliphatic heterocycles. The van der Waals surface area contributed by atoms with Crippen LogP contribution in [-0.2, 0) is 4.79 Å². The first-order valence-corrected chi connectivity index (χ1v) is 6.98. The molecule has 0 radical (unpaired) electrons. The Morgan fingerprint density at radius 1 is 1.30 bits per heavy atom. The van der Waals surface area contributed by atoms with Gasteiger partial charge in [-0.1, -0.05) is 22.9 Å². The molecule has 1 aromatic rings. The van der Waals surface area contributed by atoms with Crippen LogP contribution in [0.25, 0.3) is 0 Å². The van der Waals surface area contributed by atoms with Crippen molar-refractivity contribution in [3.8, 4) is 0 Å². The van der Waals surface area contributed by atoms with Crippen LogP contribution in [0.15, 0.2) is 22.7 Å². The number of fused-ring (bicyclic) bond motifs is 1. The molecule has 6 heteroatoms. The minimum Gasteiger partial charge on any atom is -0.481 e. The molecular weight excluding hydrogens is 326 g/mol. The molecule has 0 saturated heterocycles. The Kier molecular flexibility index (Phi) is 3.69. The molecule has 1 aliphatic rings. The van der Waals surface area contributed by atoms with E-state index in [1.165, 1.54) is 6.92 Å². The average molecular weight is 340 g/mol. The van der Waals surface area contributed by atoms with Gasteiger partial charge in [-0.25, -0.2) is 0 Å². The van der Waals surface area contributed by atoms with E-state index in [9.17, 15) is 19.5 Å². The number of carboxylic acids is 1. The van der Waals surface area contributed by atoms with Crippen molar-refractivity contribution < 1.29 is 19.5 Å². The molecule has 0 aromatic heterocycles. The van der Waals surface area contributed by atoms with E-state index in [-0.39, 0.29) is 6.54 Å². The van der Waals surface area contributed by atoms with E-state index in [1.54, 1.807) is 25.1 Å². The minimum absolute atomic E-state index is 0.122. The molecule has 0 saturated carbocycles. The van der Waals surface area contributed by atoms with Crippen LogP contribution in [0, 0.1) is 5.41 Å². The molecule has 1 unspecified atom stereocenters. The Morgan fingerprint density at radius 3 is 2.45 bits per heavy atom. The van der Waals surface area contributed by atoms with E-state index in [1.807, 2.05) is 0 Å². The summed E-state index contributed by atoms with van der Waals surface area (Å²) in [4.78, 5) is 36.8. The van der Waals surface area contributed by atoms with Gasteiger partial charge in [-0.15, -0.1) is 0 Å². The third kappa shape index (κ3) is 2.24. The van der Waals surface area contributed by atoms with Crippen LogP contribution >= 0.6 is 15.9 Å². The molecule has 2 rings (SSSR count). The number of hydrogen-bond acceptors (Lipinski definition) is 3. The summed E-state index contributed by atoms with van der Waals surface area (Å²) in [6.07, 6.45) is 0.333. The first kappa shape index (κ1) is 14.7. The molecule has 0 bridgehead atoms. The molecule has 0 aliphatic carbocycles. The number of amides is 2. The molecule has 1 aromatic carbocycles. The molecule has 2 amide bonds. The molecule has 106 valence electrons. The van der Waals surface area contributed by atoms with Gasteiger partial charge < -0.3 is 5.11 Å². The van der Waals surface area contributed by atoms with E-state index in [0.29, 0.717) is 22.0 Å². The Bertz CT molecular complexity index is 613. The monoisotopic (exact) mass is 339 g/mol. The largest absolute Gasteiger partial charge is 0.481 e. The molecular formula is C14H14BrNO4. The molecule has 20 heavy (non-hydrogen) atoms. The van der Waals surface area contributed by atoms with Crippen LogP contribution < -0.4 is 0 Å². The van der Waals surface area contributed by atoms with E-state index in [0.717, 1.165) is 4.90 Å². The molecule has 0 spiro atoms. The fraction of sp³-hybridized carbons (Fsp3) is 0.357. The van der Waals surface area contributed by atoms with Gasteiger partial charge in [0.15, 0.2) is 0 Å². The predicted molar refractivity (Wildman–Crippen MR) is 75.5 cm³/mol. The number of halogens is 1. The summed E-state index contributed by atoms with van der Waals surface area (Å²) in [6, 6.07) is 4.84. The molecule has 5 nitrogen and oxygen atoms in total. The molecule has 0 fully saturated rings. The van der Waals surface area contributed by atoms with E-state index in [4.69, 9.17) is 0 Å². The van der Waals surface area contributed by atoms with Gasteiger partial charge >= 0.3 is 5.97 Å². The summed E-state index contributed by atoms with van der Waals surface area (Å²) in [6.45, 7) is 3.14. The van der Waals surface area contributed by atoms with Crippen molar-refractivity contribution in [3.63, 3.8) is 0 Å². The van der Waals surface area contributed by atoms with Gasteiger partial charge in [0.05, 0.1) is 16.5 Å². The number of aliphatic carboxylic acids is 1. The normalized spacial score (nSPS) is 17.1. The number of nitrogens with zero attached hydrogens (tertiary/aromatic N) is 1. The number of imide groups is 1. The Labute approximate surface area is 124 Å². The number of carbonyl (C=O) groups is 3. The lowest BCUT2D eigenvalue weighted by Gasteiger charge is -2.27. The highest BCUT2D eigenvalue weighted by Crippen LogP contribution is 2.30. The van der Waals surface area contributed by atoms with Crippen LogP contribution in [0.2, 0.25) is 0 Å².